The number of nitrogens with one attached hydrogen (secondary N) is 1. The first-order valence-electron chi connectivity index (χ1n) is 8.37. The predicted octanol–water partition coefficient (Wildman–Crippen LogP) is 3.14. The SMILES string of the molecule is O=S(=O)(/C=C/c1ccccc1)N[C@H](c1cccnc1)C1CCOCC1. The molecule has 0 saturated carbocycles. The summed E-state index contributed by atoms with van der Waals surface area (Å²) in [7, 11) is -3.58. The Bertz CT molecular complexity index is 786. The van der Waals surface area contributed by atoms with Crippen molar-refractivity contribution in [2.45, 2.75) is 18.9 Å². The molecule has 132 valence electrons. The third-order valence-corrected chi connectivity index (χ3v) is 5.39. The van der Waals surface area contributed by atoms with Crippen LogP contribution in [0.4, 0.5) is 0 Å². The molecule has 1 aliphatic heterocycles. The van der Waals surface area contributed by atoms with E-state index in [4.69, 9.17) is 4.74 Å². The number of hydrogen-bond donors (Lipinski definition) is 1. The van der Waals surface area contributed by atoms with E-state index in [-0.39, 0.29) is 12.0 Å². The Labute approximate surface area is 148 Å². The number of sulfonamides is 1. The van der Waals surface area contributed by atoms with E-state index in [2.05, 4.69) is 9.71 Å². The quantitative estimate of drug-likeness (QED) is 0.861. The average Bonchev–Trinajstić information content (AvgIpc) is 2.67. The van der Waals surface area contributed by atoms with Gasteiger partial charge in [-0.2, -0.15) is 0 Å². The van der Waals surface area contributed by atoms with Gasteiger partial charge in [0.05, 0.1) is 6.04 Å². The van der Waals surface area contributed by atoms with E-state index in [1.807, 2.05) is 42.5 Å². The molecule has 6 heteroatoms. The molecule has 1 aromatic heterocycles. The Balaban J connectivity index is 1.80. The summed E-state index contributed by atoms with van der Waals surface area (Å²) >= 11 is 0. The van der Waals surface area contributed by atoms with E-state index in [0.717, 1.165) is 24.0 Å². The molecule has 1 atom stereocenters. The van der Waals surface area contributed by atoms with Crippen LogP contribution in [-0.4, -0.2) is 26.6 Å². The van der Waals surface area contributed by atoms with Gasteiger partial charge in [0, 0.05) is 31.0 Å². The molecule has 1 N–H and O–H groups in total. The van der Waals surface area contributed by atoms with E-state index in [0.29, 0.717) is 13.2 Å². The average molecular weight is 358 g/mol. The molecular formula is C19H22N2O3S. The zero-order chi connectivity index (χ0) is 17.5. The van der Waals surface area contributed by atoms with Gasteiger partial charge in [0.2, 0.25) is 10.0 Å². The second-order valence-corrected chi connectivity index (χ2v) is 7.69. The first-order chi connectivity index (χ1) is 12.1. The van der Waals surface area contributed by atoms with Crippen molar-refractivity contribution < 1.29 is 13.2 Å². The maximum absolute atomic E-state index is 12.6. The van der Waals surface area contributed by atoms with Crippen LogP contribution in [0.15, 0.2) is 60.3 Å². The van der Waals surface area contributed by atoms with E-state index in [9.17, 15) is 8.42 Å². The lowest BCUT2D eigenvalue weighted by Crippen LogP contribution is -2.35. The zero-order valence-electron chi connectivity index (χ0n) is 13.9. The Morgan fingerprint density at radius 3 is 2.56 bits per heavy atom. The van der Waals surface area contributed by atoms with Crippen LogP contribution in [0.2, 0.25) is 0 Å². The van der Waals surface area contributed by atoms with E-state index in [1.54, 1.807) is 18.5 Å². The molecule has 25 heavy (non-hydrogen) atoms. The number of rotatable bonds is 6. The molecule has 2 heterocycles. The van der Waals surface area contributed by atoms with Gasteiger partial charge < -0.3 is 4.74 Å². The maximum atomic E-state index is 12.6. The Morgan fingerprint density at radius 2 is 1.88 bits per heavy atom. The highest BCUT2D eigenvalue weighted by Gasteiger charge is 2.28. The van der Waals surface area contributed by atoms with Crippen LogP contribution in [-0.2, 0) is 14.8 Å². The molecule has 0 bridgehead atoms. The molecule has 5 nitrogen and oxygen atoms in total. The molecule has 2 aromatic rings. The van der Waals surface area contributed by atoms with E-state index in [1.165, 1.54) is 5.41 Å². The minimum atomic E-state index is -3.58. The Morgan fingerprint density at radius 1 is 1.12 bits per heavy atom. The summed E-state index contributed by atoms with van der Waals surface area (Å²) in [5, 5.41) is 1.23. The number of pyridine rings is 1. The minimum absolute atomic E-state index is 0.192. The van der Waals surface area contributed by atoms with E-state index < -0.39 is 10.0 Å². The molecule has 1 aliphatic rings. The highest BCUT2D eigenvalue weighted by atomic mass is 32.2. The fourth-order valence-corrected chi connectivity index (χ4v) is 4.09. The van der Waals surface area contributed by atoms with Gasteiger partial charge in [0.25, 0.3) is 0 Å². The monoisotopic (exact) mass is 358 g/mol. The van der Waals surface area contributed by atoms with Crippen molar-refractivity contribution in [2.24, 2.45) is 5.92 Å². The predicted molar refractivity (Wildman–Crippen MR) is 98.1 cm³/mol. The fraction of sp³-hybridized carbons (Fsp3) is 0.316. The number of aromatic nitrogens is 1. The second kappa shape index (κ2) is 8.38. The summed E-state index contributed by atoms with van der Waals surface area (Å²) in [6, 6.07) is 12.8. The highest BCUT2D eigenvalue weighted by molar-refractivity contribution is 7.92. The van der Waals surface area contributed by atoms with E-state index >= 15 is 0 Å². The van der Waals surface area contributed by atoms with Gasteiger partial charge in [-0.1, -0.05) is 36.4 Å². The summed E-state index contributed by atoms with van der Waals surface area (Å²) in [4.78, 5) is 4.14. The lowest BCUT2D eigenvalue weighted by atomic mass is 9.88. The third kappa shape index (κ3) is 5.22. The molecule has 1 saturated heterocycles. The first kappa shape index (κ1) is 17.8. The van der Waals surface area contributed by atoms with Crippen molar-refractivity contribution in [3.8, 4) is 0 Å². The highest BCUT2D eigenvalue weighted by Crippen LogP contribution is 2.30. The molecule has 0 radical (unpaired) electrons. The molecule has 0 amide bonds. The molecule has 3 rings (SSSR count). The van der Waals surface area contributed by atoms with Crippen LogP contribution >= 0.6 is 0 Å². The van der Waals surface area contributed by atoms with Gasteiger partial charge >= 0.3 is 0 Å². The van der Waals surface area contributed by atoms with Crippen LogP contribution in [0, 0.1) is 5.92 Å². The smallest absolute Gasteiger partial charge is 0.234 e. The largest absolute Gasteiger partial charge is 0.381 e. The Hall–Kier alpha value is -2.02. The first-order valence-corrected chi connectivity index (χ1v) is 9.92. The number of ether oxygens (including phenoxy) is 1. The van der Waals surface area contributed by atoms with Crippen molar-refractivity contribution >= 4 is 16.1 Å². The van der Waals surface area contributed by atoms with Crippen LogP contribution in [0.1, 0.15) is 30.0 Å². The van der Waals surface area contributed by atoms with Crippen LogP contribution in [0.5, 0.6) is 0 Å². The number of benzene rings is 1. The maximum Gasteiger partial charge on any atom is 0.234 e. The van der Waals surface area contributed by atoms with Crippen LogP contribution < -0.4 is 4.72 Å². The van der Waals surface area contributed by atoms with Crippen LogP contribution in [0.3, 0.4) is 0 Å². The van der Waals surface area contributed by atoms with Gasteiger partial charge in [0.15, 0.2) is 0 Å². The number of hydrogen-bond acceptors (Lipinski definition) is 4. The van der Waals surface area contributed by atoms with Crippen molar-refractivity contribution in [1.82, 2.24) is 9.71 Å². The topological polar surface area (TPSA) is 68.3 Å². The molecule has 0 unspecified atom stereocenters. The van der Waals surface area contributed by atoms with Crippen molar-refractivity contribution in [3.05, 3.63) is 71.4 Å². The summed E-state index contributed by atoms with van der Waals surface area (Å²) in [5.74, 6) is 0.192. The summed E-state index contributed by atoms with van der Waals surface area (Å²) in [6.07, 6.45) is 6.67. The van der Waals surface area contributed by atoms with Gasteiger partial charge in [-0.15, -0.1) is 0 Å². The normalized spacial score (nSPS) is 17.6. The summed E-state index contributed by atoms with van der Waals surface area (Å²) < 4.78 is 33.4. The van der Waals surface area contributed by atoms with Gasteiger partial charge in [0.1, 0.15) is 0 Å². The second-order valence-electron chi connectivity index (χ2n) is 6.09. The van der Waals surface area contributed by atoms with Gasteiger partial charge in [-0.3, -0.25) is 4.98 Å². The molecule has 0 aliphatic carbocycles. The Kier molecular flexibility index (Phi) is 5.96. The third-order valence-electron chi connectivity index (χ3n) is 4.31. The summed E-state index contributed by atoms with van der Waals surface area (Å²) in [6.45, 7) is 1.31. The van der Waals surface area contributed by atoms with Crippen molar-refractivity contribution in [3.63, 3.8) is 0 Å². The standard InChI is InChI=1S/C19H22N2O3S/c22-25(23,14-10-16-5-2-1-3-6-16)21-19(17-8-12-24-13-9-17)18-7-4-11-20-15-18/h1-7,10-11,14-15,17,19,21H,8-9,12-13H2/b14-10+/t19-/m0/s1. The molecule has 1 fully saturated rings. The van der Waals surface area contributed by atoms with Crippen molar-refractivity contribution in [1.29, 1.82) is 0 Å². The number of nitrogens with zero attached hydrogens (tertiary/aromatic N) is 1. The fourth-order valence-electron chi connectivity index (χ4n) is 2.99. The molecule has 1 aromatic carbocycles. The molecular weight excluding hydrogens is 336 g/mol. The molecule has 0 spiro atoms. The van der Waals surface area contributed by atoms with Gasteiger partial charge in [-0.05, 0) is 42.0 Å². The minimum Gasteiger partial charge on any atom is -0.381 e. The van der Waals surface area contributed by atoms with Crippen LogP contribution in [0.25, 0.3) is 6.08 Å². The zero-order valence-corrected chi connectivity index (χ0v) is 14.7. The lowest BCUT2D eigenvalue weighted by Gasteiger charge is -2.30. The van der Waals surface area contributed by atoms with Crippen molar-refractivity contribution in [2.75, 3.05) is 13.2 Å². The van der Waals surface area contributed by atoms with Gasteiger partial charge in [-0.25, -0.2) is 13.1 Å². The summed E-state index contributed by atoms with van der Waals surface area (Å²) in [5.41, 5.74) is 1.72. The lowest BCUT2D eigenvalue weighted by molar-refractivity contribution is 0.0564.